The Morgan fingerprint density at radius 2 is 2.27 bits per heavy atom. The smallest absolute Gasteiger partial charge is 0.134 e. The van der Waals surface area contributed by atoms with Crippen molar-refractivity contribution in [3.8, 4) is 0 Å². The molecule has 0 bridgehead atoms. The van der Waals surface area contributed by atoms with E-state index in [4.69, 9.17) is 11.6 Å². The second kappa shape index (κ2) is 4.35. The summed E-state index contributed by atoms with van der Waals surface area (Å²) < 4.78 is 0. The Kier molecular flexibility index (Phi) is 3.10. The lowest BCUT2D eigenvalue weighted by Gasteiger charge is -2.28. The van der Waals surface area contributed by atoms with Gasteiger partial charge in [0.2, 0.25) is 0 Å². The molecule has 2 rings (SSSR count). The van der Waals surface area contributed by atoms with Gasteiger partial charge in [0.25, 0.3) is 0 Å². The van der Waals surface area contributed by atoms with Gasteiger partial charge in [0.1, 0.15) is 17.3 Å². The van der Waals surface area contributed by atoms with Gasteiger partial charge in [-0.25, -0.2) is 9.97 Å². The van der Waals surface area contributed by atoms with Crippen molar-refractivity contribution in [3.05, 3.63) is 17.5 Å². The molecule has 2 atom stereocenters. The summed E-state index contributed by atoms with van der Waals surface area (Å²) in [5, 5.41) is 0.522. The minimum atomic E-state index is 0.522. The Bertz CT molecular complexity index is 342. The quantitative estimate of drug-likeness (QED) is 0.725. The van der Waals surface area contributed by atoms with Crippen LogP contribution >= 0.6 is 11.6 Å². The number of nitrogens with zero attached hydrogens (tertiary/aromatic N) is 3. The molecular formula is C11H16ClN3. The molecule has 0 aliphatic carbocycles. The lowest BCUT2D eigenvalue weighted by atomic mass is 10.1. The highest BCUT2D eigenvalue weighted by atomic mass is 35.5. The molecule has 0 radical (unpaired) electrons. The average molecular weight is 226 g/mol. The fourth-order valence-corrected chi connectivity index (χ4v) is 2.49. The van der Waals surface area contributed by atoms with Gasteiger partial charge in [-0.05, 0) is 26.2 Å². The van der Waals surface area contributed by atoms with Crippen molar-refractivity contribution >= 4 is 17.4 Å². The van der Waals surface area contributed by atoms with E-state index >= 15 is 0 Å². The number of aromatic nitrogens is 2. The summed E-state index contributed by atoms with van der Waals surface area (Å²) in [4.78, 5) is 10.6. The highest BCUT2D eigenvalue weighted by Crippen LogP contribution is 2.30. The molecule has 2 unspecified atom stereocenters. The normalized spacial score (nSPS) is 25.9. The molecule has 2 heterocycles. The maximum atomic E-state index is 5.88. The number of hydrogen-bond acceptors (Lipinski definition) is 3. The van der Waals surface area contributed by atoms with Crippen molar-refractivity contribution in [1.29, 1.82) is 0 Å². The Balaban J connectivity index is 2.28. The molecule has 15 heavy (non-hydrogen) atoms. The fraction of sp³-hybridized carbons (Fsp3) is 0.636. The molecule has 0 saturated carbocycles. The third-order valence-corrected chi connectivity index (χ3v) is 3.35. The molecule has 4 heteroatoms. The highest BCUT2D eigenvalue weighted by molar-refractivity contribution is 6.29. The van der Waals surface area contributed by atoms with Crippen LogP contribution in [-0.2, 0) is 0 Å². The van der Waals surface area contributed by atoms with Gasteiger partial charge in [-0.3, -0.25) is 0 Å². The zero-order chi connectivity index (χ0) is 10.8. The molecule has 1 fully saturated rings. The summed E-state index contributed by atoms with van der Waals surface area (Å²) >= 11 is 5.88. The first-order chi connectivity index (χ1) is 7.22. The largest absolute Gasteiger partial charge is 0.351 e. The van der Waals surface area contributed by atoms with Gasteiger partial charge in [-0.1, -0.05) is 18.5 Å². The second-order valence-electron chi connectivity index (χ2n) is 4.09. The maximum Gasteiger partial charge on any atom is 0.134 e. The van der Waals surface area contributed by atoms with Crippen LogP contribution in [0.4, 0.5) is 5.82 Å². The lowest BCUT2D eigenvalue weighted by Crippen LogP contribution is -2.34. The van der Waals surface area contributed by atoms with Gasteiger partial charge in [-0.2, -0.15) is 0 Å². The van der Waals surface area contributed by atoms with E-state index < -0.39 is 0 Å². The Morgan fingerprint density at radius 3 is 2.93 bits per heavy atom. The minimum absolute atomic E-state index is 0.522. The van der Waals surface area contributed by atoms with Crippen molar-refractivity contribution in [1.82, 2.24) is 9.97 Å². The third kappa shape index (κ3) is 2.07. The second-order valence-corrected chi connectivity index (χ2v) is 4.48. The summed E-state index contributed by atoms with van der Waals surface area (Å²) in [5.41, 5.74) is 0. The predicted molar refractivity (Wildman–Crippen MR) is 62.3 cm³/mol. The van der Waals surface area contributed by atoms with E-state index in [0.29, 0.717) is 17.2 Å². The number of hydrogen-bond donors (Lipinski definition) is 0. The number of rotatable bonds is 2. The van der Waals surface area contributed by atoms with Crippen LogP contribution in [0.3, 0.4) is 0 Å². The SMILES string of the molecule is CCC1CCC(C)N1c1cc(Cl)ncn1. The lowest BCUT2D eigenvalue weighted by molar-refractivity contribution is 0.620. The van der Waals surface area contributed by atoms with Gasteiger partial charge in [0, 0.05) is 18.2 Å². The molecule has 1 aliphatic rings. The molecule has 0 amide bonds. The van der Waals surface area contributed by atoms with Crippen molar-refractivity contribution in [2.24, 2.45) is 0 Å². The van der Waals surface area contributed by atoms with Crippen LogP contribution in [0.2, 0.25) is 5.15 Å². The Morgan fingerprint density at radius 1 is 1.47 bits per heavy atom. The number of anilines is 1. The minimum Gasteiger partial charge on any atom is -0.351 e. The van der Waals surface area contributed by atoms with Crippen molar-refractivity contribution in [2.75, 3.05) is 4.90 Å². The van der Waals surface area contributed by atoms with E-state index in [0.717, 1.165) is 12.2 Å². The van der Waals surface area contributed by atoms with Crippen molar-refractivity contribution in [2.45, 2.75) is 45.2 Å². The van der Waals surface area contributed by atoms with Gasteiger partial charge >= 0.3 is 0 Å². The molecule has 1 aromatic rings. The van der Waals surface area contributed by atoms with Gasteiger partial charge in [0.15, 0.2) is 0 Å². The van der Waals surface area contributed by atoms with Crippen molar-refractivity contribution in [3.63, 3.8) is 0 Å². The molecular weight excluding hydrogens is 210 g/mol. The molecule has 1 saturated heterocycles. The molecule has 1 aromatic heterocycles. The monoisotopic (exact) mass is 225 g/mol. The average Bonchev–Trinajstić information content (AvgIpc) is 2.59. The Labute approximate surface area is 95.5 Å². The standard InChI is InChI=1S/C11H16ClN3/c1-3-9-5-4-8(2)15(9)11-6-10(12)13-7-14-11/h6-9H,3-5H2,1-2H3. The van der Waals surface area contributed by atoms with Gasteiger partial charge < -0.3 is 4.90 Å². The first kappa shape index (κ1) is 10.7. The van der Waals surface area contributed by atoms with E-state index in [1.807, 2.05) is 6.07 Å². The van der Waals surface area contributed by atoms with E-state index in [2.05, 4.69) is 28.7 Å². The van der Waals surface area contributed by atoms with Crippen LogP contribution < -0.4 is 4.90 Å². The van der Waals surface area contributed by atoms with E-state index in [1.54, 1.807) is 0 Å². The summed E-state index contributed by atoms with van der Waals surface area (Å²) in [5.74, 6) is 0.965. The summed E-state index contributed by atoms with van der Waals surface area (Å²) in [6.07, 6.45) is 5.18. The van der Waals surface area contributed by atoms with Crippen LogP contribution in [0.5, 0.6) is 0 Å². The molecule has 0 spiro atoms. The van der Waals surface area contributed by atoms with Crippen LogP contribution in [0, 0.1) is 0 Å². The fourth-order valence-electron chi connectivity index (χ4n) is 2.35. The molecule has 1 aliphatic heterocycles. The van der Waals surface area contributed by atoms with Gasteiger partial charge in [-0.15, -0.1) is 0 Å². The predicted octanol–water partition coefficient (Wildman–Crippen LogP) is 2.90. The highest BCUT2D eigenvalue weighted by Gasteiger charge is 2.30. The molecule has 0 N–H and O–H groups in total. The first-order valence-corrected chi connectivity index (χ1v) is 5.86. The van der Waals surface area contributed by atoms with E-state index in [9.17, 15) is 0 Å². The molecule has 82 valence electrons. The summed E-state index contributed by atoms with van der Waals surface area (Å²) in [7, 11) is 0. The van der Waals surface area contributed by atoms with Crippen LogP contribution in [0.1, 0.15) is 33.1 Å². The van der Waals surface area contributed by atoms with E-state index in [1.165, 1.54) is 19.2 Å². The zero-order valence-corrected chi connectivity index (χ0v) is 9.91. The summed E-state index contributed by atoms with van der Waals surface area (Å²) in [6.45, 7) is 4.46. The van der Waals surface area contributed by atoms with Crippen LogP contribution in [-0.4, -0.2) is 22.1 Å². The van der Waals surface area contributed by atoms with E-state index in [-0.39, 0.29) is 0 Å². The molecule has 0 aromatic carbocycles. The maximum absolute atomic E-state index is 5.88. The van der Waals surface area contributed by atoms with Crippen LogP contribution in [0.25, 0.3) is 0 Å². The zero-order valence-electron chi connectivity index (χ0n) is 9.15. The topological polar surface area (TPSA) is 29.0 Å². The number of halogens is 1. The Hall–Kier alpha value is -0.830. The third-order valence-electron chi connectivity index (χ3n) is 3.14. The summed E-state index contributed by atoms with van der Waals surface area (Å²) in [6, 6.07) is 3.01. The molecule has 3 nitrogen and oxygen atoms in total. The first-order valence-electron chi connectivity index (χ1n) is 5.48. The van der Waals surface area contributed by atoms with Gasteiger partial charge in [0.05, 0.1) is 0 Å². The van der Waals surface area contributed by atoms with Crippen molar-refractivity contribution < 1.29 is 0 Å². The van der Waals surface area contributed by atoms with Crippen LogP contribution in [0.15, 0.2) is 12.4 Å².